The Morgan fingerprint density at radius 3 is 1.66 bits per heavy atom. The van der Waals surface area contributed by atoms with Crippen molar-refractivity contribution in [1.29, 1.82) is 0 Å². The summed E-state index contributed by atoms with van der Waals surface area (Å²) in [6.45, 7) is 9.38. The molecule has 6 aromatic rings. The molecule has 12 heteroatoms. The number of hydrogen-bond donors (Lipinski definition) is 5. The SMILES string of the molecule is CCCCC(O)C(=O)NC1CCN(c2nc(-c3ccccc3O)nc3cc(C)ccc23)CC1.Cc1ccc2c(N3CCC(N)CC3)nc(-c3ccccc3O)nc2c1. The molecule has 2 aliphatic heterocycles. The summed E-state index contributed by atoms with van der Waals surface area (Å²) in [5, 5.41) is 35.6. The fourth-order valence-corrected chi connectivity index (χ4v) is 7.67. The lowest BCUT2D eigenvalue weighted by atomic mass is 10.0. The Balaban J connectivity index is 0.000000183. The Morgan fingerprint density at radius 2 is 1.19 bits per heavy atom. The highest BCUT2D eigenvalue weighted by molar-refractivity contribution is 5.93. The highest BCUT2D eigenvalue weighted by Crippen LogP contribution is 2.35. The molecule has 1 atom stereocenters. The molecule has 0 radical (unpaired) electrons. The summed E-state index contributed by atoms with van der Waals surface area (Å²) in [6, 6.07) is 27.0. The predicted molar refractivity (Wildman–Crippen MR) is 231 cm³/mol. The van der Waals surface area contributed by atoms with Crippen LogP contribution in [0.25, 0.3) is 44.6 Å². The van der Waals surface area contributed by atoms with Gasteiger partial charge in [0, 0.05) is 49.0 Å². The number of anilines is 2. The van der Waals surface area contributed by atoms with Gasteiger partial charge in [0.15, 0.2) is 11.6 Å². The van der Waals surface area contributed by atoms with Crippen LogP contribution in [-0.2, 0) is 4.79 Å². The monoisotopic (exact) mass is 782 g/mol. The van der Waals surface area contributed by atoms with Crippen LogP contribution >= 0.6 is 0 Å². The number of nitrogens with two attached hydrogens (primary N) is 1. The van der Waals surface area contributed by atoms with Crippen molar-refractivity contribution in [2.45, 2.75) is 83.9 Å². The molecule has 2 fully saturated rings. The summed E-state index contributed by atoms with van der Waals surface area (Å²) in [7, 11) is 0. The van der Waals surface area contributed by atoms with Crippen molar-refractivity contribution in [2.75, 3.05) is 36.0 Å². The number of phenolic OH excluding ortho intramolecular Hbond substituents is 2. The number of fused-ring (bicyclic) bond motifs is 2. The van der Waals surface area contributed by atoms with Crippen molar-refractivity contribution in [1.82, 2.24) is 25.3 Å². The van der Waals surface area contributed by atoms with E-state index in [2.05, 4.69) is 46.3 Å². The summed E-state index contributed by atoms with van der Waals surface area (Å²) in [5.41, 5.74) is 11.3. The number of aliphatic hydroxyl groups excluding tert-OH is 1. The Hall–Kier alpha value is -5.85. The number of piperidine rings is 2. The number of hydrogen-bond acceptors (Lipinski definition) is 11. The average molecular weight is 783 g/mol. The molecule has 0 bridgehead atoms. The topological polar surface area (TPSA) is 174 Å². The van der Waals surface area contributed by atoms with Gasteiger partial charge >= 0.3 is 0 Å². The Morgan fingerprint density at radius 1 is 0.724 bits per heavy atom. The molecule has 6 N–H and O–H groups in total. The maximum absolute atomic E-state index is 12.3. The van der Waals surface area contributed by atoms with E-state index < -0.39 is 6.10 Å². The van der Waals surface area contributed by atoms with Gasteiger partial charge in [-0.3, -0.25) is 4.79 Å². The molecule has 2 aromatic heterocycles. The van der Waals surface area contributed by atoms with E-state index >= 15 is 0 Å². The normalized spacial score (nSPS) is 15.6. The van der Waals surface area contributed by atoms with Crippen LogP contribution in [0.3, 0.4) is 0 Å². The maximum atomic E-state index is 12.3. The van der Waals surface area contributed by atoms with E-state index in [1.54, 1.807) is 24.3 Å². The smallest absolute Gasteiger partial charge is 0.249 e. The molecule has 4 aromatic carbocycles. The largest absolute Gasteiger partial charge is 0.507 e. The molecule has 2 aliphatic rings. The van der Waals surface area contributed by atoms with Gasteiger partial charge in [0.1, 0.15) is 29.2 Å². The van der Waals surface area contributed by atoms with E-state index in [0.717, 1.165) is 109 Å². The van der Waals surface area contributed by atoms with Gasteiger partial charge in [0.05, 0.1) is 22.2 Å². The van der Waals surface area contributed by atoms with Crippen LogP contribution in [0.4, 0.5) is 11.6 Å². The van der Waals surface area contributed by atoms with Crippen molar-refractivity contribution in [3.05, 3.63) is 96.1 Å². The number of aromatic hydroxyl groups is 2. The first-order chi connectivity index (χ1) is 28.1. The molecule has 8 rings (SSSR count). The Bertz CT molecular complexity index is 2370. The average Bonchev–Trinajstić information content (AvgIpc) is 3.23. The van der Waals surface area contributed by atoms with Crippen LogP contribution in [0.2, 0.25) is 0 Å². The zero-order valence-corrected chi connectivity index (χ0v) is 33.6. The minimum absolute atomic E-state index is 0.0398. The number of carbonyl (C=O) groups is 1. The third-order valence-corrected chi connectivity index (χ3v) is 11.1. The summed E-state index contributed by atoms with van der Waals surface area (Å²) < 4.78 is 0. The molecule has 302 valence electrons. The van der Waals surface area contributed by atoms with Crippen LogP contribution in [0.15, 0.2) is 84.9 Å². The second kappa shape index (κ2) is 18.2. The molecule has 4 heterocycles. The lowest BCUT2D eigenvalue weighted by Crippen LogP contribution is -2.47. The third-order valence-electron chi connectivity index (χ3n) is 11.1. The number of aryl methyl sites for hydroxylation is 2. The molecule has 1 amide bonds. The number of amides is 1. The van der Waals surface area contributed by atoms with Crippen molar-refractivity contribution < 1.29 is 20.1 Å². The van der Waals surface area contributed by atoms with Gasteiger partial charge in [-0.15, -0.1) is 0 Å². The number of para-hydroxylation sites is 2. The van der Waals surface area contributed by atoms with E-state index in [1.165, 1.54) is 0 Å². The number of rotatable bonds is 9. The van der Waals surface area contributed by atoms with E-state index in [1.807, 2.05) is 50.2 Å². The maximum Gasteiger partial charge on any atom is 0.249 e. The second-order valence-electron chi connectivity index (χ2n) is 15.6. The number of benzene rings is 4. The number of phenols is 2. The molecule has 2 saturated heterocycles. The molecule has 0 spiro atoms. The predicted octanol–water partition coefficient (Wildman–Crippen LogP) is 7.19. The number of nitrogens with zero attached hydrogens (tertiary/aromatic N) is 6. The fraction of sp³-hybridized carbons (Fsp3) is 0.370. The molecule has 0 aliphatic carbocycles. The first-order valence-electron chi connectivity index (χ1n) is 20.5. The van der Waals surface area contributed by atoms with Gasteiger partial charge in [0.2, 0.25) is 5.91 Å². The van der Waals surface area contributed by atoms with Crippen LogP contribution < -0.4 is 20.9 Å². The van der Waals surface area contributed by atoms with Crippen LogP contribution in [0, 0.1) is 13.8 Å². The first kappa shape index (κ1) is 40.4. The standard InChI is InChI=1S/C26H32N4O3.C20H22N4O/c1-3-4-8-23(32)26(33)27-18-12-14-30(15-13-18)25-19-11-10-17(2)16-21(19)28-24(29-25)20-7-5-6-9-22(20)31;1-13-6-7-15-17(12-13)22-19(16-4-2-3-5-18(16)25)23-20(15)24-10-8-14(21)9-11-24/h5-7,9-11,16,18,23,31-32H,3-4,8,12-15H2,1-2H3,(H,27,33);2-7,12,14,25H,8-11,21H2,1H3. The Labute approximate surface area is 339 Å². The fourth-order valence-electron chi connectivity index (χ4n) is 7.67. The second-order valence-corrected chi connectivity index (χ2v) is 15.6. The summed E-state index contributed by atoms with van der Waals surface area (Å²) in [5.74, 6) is 2.89. The van der Waals surface area contributed by atoms with Gasteiger partial charge in [-0.25, -0.2) is 19.9 Å². The van der Waals surface area contributed by atoms with Gasteiger partial charge in [0.25, 0.3) is 0 Å². The molecule has 0 saturated carbocycles. The lowest BCUT2D eigenvalue weighted by molar-refractivity contribution is -0.130. The highest BCUT2D eigenvalue weighted by Gasteiger charge is 2.26. The van der Waals surface area contributed by atoms with Crippen molar-refractivity contribution in [3.63, 3.8) is 0 Å². The van der Waals surface area contributed by atoms with Crippen LogP contribution in [0.1, 0.15) is 63.0 Å². The summed E-state index contributed by atoms with van der Waals surface area (Å²) >= 11 is 0. The molecule has 58 heavy (non-hydrogen) atoms. The molecular weight excluding hydrogens is 729 g/mol. The summed E-state index contributed by atoms with van der Waals surface area (Å²) in [4.78, 5) is 35.9. The van der Waals surface area contributed by atoms with Gasteiger partial charge in [-0.1, -0.05) is 56.2 Å². The van der Waals surface area contributed by atoms with E-state index in [-0.39, 0.29) is 29.5 Å². The first-order valence-corrected chi connectivity index (χ1v) is 20.5. The third kappa shape index (κ3) is 9.30. The molecule has 12 nitrogen and oxygen atoms in total. The van der Waals surface area contributed by atoms with Crippen molar-refractivity contribution >= 4 is 39.3 Å². The van der Waals surface area contributed by atoms with Gasteiger partial charge < -0.3 is 36.2 Å². The van der Waals surface area contributed by atoms with Crippen LogP contribution in [-0.4, -0.2) is 85.5 Å². The number of carbonyl (C=O) groups excluding carboxylic acids is 1. The zero-order chi connectivity index (χ0) is 40.8. The van der Waals surface area contributed by atoms with Crippen molar-refractivity contribution in [2.24, 2.45) is 5.73 Å². The zero-order valence-electron chi connectivity index (χ0n) is 33.6. The quantitative estimate of drug-likeness (QED) is 0.101. The molecule has 1 unspecified atom stereocenters. The Kier molecular flexibility index (Phi) is 12.6. The molecular formula is C46H54N8O4. The van der Waals surface area contributed by atoms with Gasteiger partial charge in [-0.05, 0) is 106 Å². The number of aromatic nitrogens is 4. The van der Waals surface area contributed by atoms with E-state index in [9.17, 15) is 20.1 Å². The van der Waals surface area contributed by atoms with Gasteiger partial charge in [-0.2, -0.15) is 0 Å². The van der Waals surface area contributed by atoms with E-state index in [4.69, 9.17) is 25.7 Å². The highest BCUT2D eigenvalue weighted by atomic mass is 16.3. The van der Waals surface area contributed by atoms with E-state index in [0.29, 0.717) is 29.2 Å². The minimum Gasteiger partial charge on any atom is -0.507 e. The number of aliphatic hydroxyl groups is 1. The lowest BCUT2D eigenvalue weighted by Gasteiger charge is -2.34. The number of nitrogens with one attached hydrogen (secondary N) is 1. The number of unbranched alkanes of at least 4 members (excludes halogenated alkanes) is 1. The summed E-state index contributed by atoms with van der Waals surface area (Å²) in [6.07, 6.45) is 4.84. The minimum atomic E-state index is -0.932. The van der Waals surface area contributed by atoms with Crippen LogP contribution in [0.5, 0.6) is 11.5 Å². The van der Waals surface area contributed by atoms with Crippen molar-refractivity contribution in [3.8, 4) is 34.3 Å².